The Morgan fingerprint density at radius 2 is 1.34 bits per heavy atom. The van der Waals surface area contributed by atoms with Gasteiger partial charge in [0.1, 0.15) is 0 Å². The Morgan fingerprint density at radius 1 is 0.719 bits per heavy atom. The SMILES string of the molecule is CC1=C(C)C(C)[C]([Zr]([CH]2C(C)=C(C)c3c(-c4ccccc4)cccc32)=[Si](C)C)=C1C.Cl.Cl. The molecule has 0 heterocycles. The van der Waals surface area contributed by atoms with E-state index in [1.807, 2.05) is 3.28 Å². The zero-order chi connectivity index (χ0) is 21.7. The third kappa shape index (κ3) is 4.38. The molecule has 4 heteroatoms. The molecule has 0 radical (unpaired) electrons. The van der Waals surface area contributed by atoms with Gasteiger partial charge in [-0.25, -0.2) is 0 Å². The molecule has 2 aliphatic rings. The maximum Gasteiger partial charge on any atom is -0.147 e. The fourth-order valence-electron chi connectivity index (χ4n) is 5.62. The number of hydrogen-bond donors (Lipinski definition) is 0. The van der Waals surface area contributed by atoms with Crippen molar-refractivity contribution in [2.24, 2.45) is 5.92 Å². The quantitative estimate of drug-likeness (QED) is 0.327. The third-order valence-electron chi connectivity index (χ3n) is 7.65. The van der Waals surface area contributed by atoms with Crippen molar-refractivity contribution < 1.29 is 20.4 Å². The molecule has 0 aliphatic heterocycles. The van der Waals surface area contributed by atoms with Crippen LogP contribution in [0.4, 0.5) is 0 Å². The van der Waals surface area contributed by atoms with Crippen molar-refractivity contribution in [3.8, 4) is 11.1 Å². The van der Waals surface area contributed by atoms with Crippen molar-refractivity contribution in [1.29, 1.82) is 0 Å². The molecule has 0 bridgehead atoms. The van der Waals surface area contributed by atoms with Gasteiger partial charge >= 0.3 is 192 Å². The number of rotatable bonds is 3. The minimum Gasteiger partial charge on any atom is -0.147 e. The molecule has 0 fully saturated rings. The smallest absolute Gasteiger partial charge is 0.147 e. The Labute approximate surface area is 215 Å². The molecule has 32 heavy (non-hydrogen) atoms. The van der Waals surface area contributed by atoms with E-state index in [1.54, 1.807) is 33.4 Å². The molecule has 2 atom stereocenters. The summed E-state index contributed by atoms with van der Waals surface area (Å²) in [5, 5.41) is 0. The van der Waals surface area contributed by atoms with E-state index < -0.39 is 20.4 Å². The molecular formula is C28H36Cl2SiZr. The van der Waals surface area contributed by atoms with Gasteiger partial charge in [0.05, 0.1) is 0 Å². The zero-order valence-corrected chi connectivity index (χ0v) is 25.7. The minimum atomic E-state index is -1.92. The Bertz CT molecular complexity index is 1170. The summed E-state index contributed by atoms with van der Waals surface area (Å²) in [6.07, 6.45) is 0. The van der Waals surface area contributed by atoms with Gasteiger partial charge in [-0.15, -0.1) is 24.8 Å². The summed E-state index contributed by atoms with van der Waals surface area (Å²) in [5.41, 5.74) is 13.7. The van der Waals surface area contributed by atoms with E-state index in [-0.39, 0.29) is 30.2 Å². The van der Waals surface area contributed by atoms with Crippen LogP contribution in [0.3, 0.4) is 0 Å². The third-order valence-corrected chi connectivity index (χ3v) is 26.6. The molecule has 4 rings (SSSR count). The van der Waals surface area contributed by atoms with Gasteiger partial charge in [-0.1, -0.05) is 0 Å². The normalized spacial score (nSPS) is 19.6. The number of hydrogen-bond acceptors (Lipinski definition) is 0. The molecule has 0 saturated carbocycles. The van der Waals surface area contributed by atoms with Crippen LogP contribution in [0.5, 0.6) is 0 Å². The molecule has 0 amide bonds. The van der Waals surface area contributed by atoms with E-state index in [1.165, 1.54) is 16.7 Å². The molecule has 2 aromatic carbocycles. The second kappa shape index (κ2) is 10.7. The van der Waals surface area contributed by atoms with E-state index in [2.05, 4.69) is 103 Å². The first-order valence-corrected chi connectivity index (χ1v) is 20.0. The minimum absolute atomic E-state index is 0. The predicted molar refractivity (Wildman–Crippen MR) is 145 cm³/mol. The van der Waals surface area contributed by atoms with Crippen LogP contribution < -0.4 is 0 Å². The van der Waals surface area contributed by atoms with Gasteiger partial charge < -0.3 is 0 Å². The van der Waals surface area contributed by atoms with E-state index >= 15 is 0 Å². The van der Waals surface area contributed by atoms with Crippen LogP contribution in [-0.2, 0) is 20.4 Å². The molecule has 0 N–H and O–H groups in total. The first kappa shape index (κ1) is 27.6. The first-order chi connectivity index (χ1) is 14.3. The van der Waals surface area contributed by atoms with Gasteiger partial charge in [0.25, 0.3) is 0 Å². The standard InChI is InChI=1S/C17H15.C9H13.C2H6Si.2ClH.Zr/c1-12-11-15-9-6-10-16(17(15)13(12)2)14-7-4-3-5-8-14;1-6-5-7(2)9(4)8(6)3;1-3-2;;;/h3-11H,1-2H3;6H,1-4H3;1-2H3;2*1H;. The van der Waals surface area contributed by atoms with Crippen molar-refractivity contribution in [2.75, 3.05) is 0 Å². The molecular weight excluding hydrogens is 527 g/mol. The largest absolute Gasteiger partial charge is 0.147 e. The van der Waals surface area contributed by atoms with Gasteiger partial charge in [0, 0.05) is 0 Å². The van der Waals surface area contributed by atoms with Gasteiger partial charge in [0.15, 0.2) is 0 Å². The van der Waals surface area contributed by atoms with Crippen molar-refractivity contribution in [3.05, 3.63) is 85.2 Å². The fourth-order valence-corrected chi connectivity index (χ4v) is 26.4. The number of allylic oxidation sites excluding steroid dienone is 6. The van der Waals surface area contributed by atoms with Crippen LogP contribution in [0.15, 0.2) is 74.1 Å². The van der Waals surface area contributed by atoms with Crippen LogP contribution in [-0.4, -0.2) is 5.43 Å². The van der Waals surface area contributed by atoms with Crippen LogP contribution in [0.1, 0.15) is 56.3 Å². The molecule has 0 spiro atoms. The van der Waals surface area contributed by atoms with Crippen molar-refractivity contribution in [1.82, 2.24) is 0 Å². The summed E-state index contributed by atoms with van der Waals surface area (Å²) in [4.78, 5) is 0. The second-order valence-electron chi connectivity index (χ2n) is 9.36. The Morgan fingerprint density at radius 3 is 1.88 bits per heavy atom. The summed E-state index contributed by atoms with van der Waals surface area (Å²) in [6.45, 7) is 19.7. The van der Waals surface area contributed by atoms with Crippen LogP contribution in [0.2, 0.25) is 13.1 Å². The maximum atomic E-state index is 2.61. The van der Waals surface area contributed by atoms with Gasteiger partial charge in [-0.3, -0.25) is 0 Å². The Kier molecular flexibility index (Phi) is 9.25. The topological polar surface area (TPSA) is 0 Å². The first-order valence-electron chi connectivity index (χ1n) is 11.2. The van der Waals surface area contributed by atoms with Gasteiger partial charge in [-0.05, 0) is 0 Å². The summed E-state index contributed by atoms with van der Waals surface area (Å²) < 4.78 is 2.63. The summed E-state index contributed by atoms with van der Waals surface area (Å²) in [6, 6.07) is 18.1. The van der Waals surface area contributed by atoms with E-state index in [0.29, 0.717) is 9.54 Å². The van der Waals surface area contributed by atoms with E-state index in [0.717, 1.165) is 0 Å². The number of fused-ring (bicyclic) bond motifs is 1. The van der Waals surface area contributed by atoms with E-state index in [4.69, 9.17) is 0 Å². The van der Waals surface area contributed by atoms with Crippen LogP contribution >= 0.6 is 24.8 Å². The predicted octanol–water partition coefficient (Wildman–Crippen LogP) is 9.17. The van der Waals surface area contributed by atoms with Crippen LogP contribution in [0.25, 0.3) is 16.7 Å². The fraction of sp³-hybridized carbons (Fsp3) is 0.357. The summed E-state index contributed by atoms with van der Waals surface area (Å²) >= 11 is -1.92. The van der Waals surface area contributed by atoms with Gasteiger partial charge in [-0.2, -0.15) is 0 Å². The number of halogens is 2. The summed E-state index contributed by atoms with van der Waals surface area (Å²) in [7, 11) is 0. The number of benzene rings is 2. The van der Waals surface area contributed by atoms with Crippen molar-refractivity contribution in [2.45, 2.75) is 58.3 Å². The molecule has 170 valence electrons. The molecule has 2 aliphatic carbocycles. The second-order valence-corrected chi connectivity index (χ2v) is 26.7. The Balaban J connectivity index is 0.00000181. The molecule has 0 nitrogen and oxygen atoms in total. The van der Waals surface area contributed by atoms with Crippen molar-refractivity contribution >= 4 is 35.8 Å². The van der Waals surface area contributed by atoms with E-state index in [9.17, 15) is 0 Å². The molecule has 0 saturated heterocycles. The molecule has 2 aromatic rings. The monoisotopic (exact) mass is 560 g/mol. The Hall–Kier alpha value is -0.660. The zero-order valence-electron chi connectivity index (χ0n) is 20.6. The molecule has 0 aromatic heterocycles. The van der Waals surface area contributed by atoms with Crippen molar-refractivity contribution in [3.63, 3.8) is 0 Å². The maximum absolute atomic E-state index is 2.61. The molecule has 2 unspecified atom stereocenters. The average molecular weight is 563 g/mol. The average Bonchev–Trinajstić information content (AvgIpc) is 3.10. The summed E-state index contributed by atoms with van der Waals surface area (Å²) in [5.74, 6) is 0.661. The van der Waals surface area contributed by atoms with Crippen LogP contribution in [0, 0.1) is 5.92 Å². The van der Waals surface area contributed by atoms with Gasteiger partial charge in [0.2, 0.25) is 0 Å².